The van der Waals surface area contributed by atoms with Crippen LogP contribution in [0.5, 0.6) is 0 Å². The van der Waals surface area contributed by atoms with Crippen molar-refractivity contribution in [1.29, 1.82) is 0 Å². The Kier molecular flexibility index (Phi) is 65.2. The molecule has 462 valence electrons. The Morgan fingerprint density at radius 2 is 0.487 bits per heavy atom. The van der Waals surface area contributed by atoms with E-state index in [1.165, 1.54) is 199 Å². The molecule has 0 saturated heterocycles. The summed E-state index contributed by atoms with van der Waals surface area (Å²) in [5, 5.41) is 0. The molecule has 0 aromatic heterocycles. The van der Waals surface area contributed by atoms with Gasteiger partial charge in [-0.15, -0.1) is 0 Å². The third-order valence-corrected chi connectivity index (χ3v) is 15.1. The Morgan fingerprint density at radius 3 is 0.775 bits per heavy atom. The van der Waals surface area contributed by atoms with Crippen molar-refractivity contribution in [2.24, 2.45) is 0 Å². The zero-order valence-corrected chi connectivity index (χ0v) is 53.1. The second kappa shape index (κ2) is 68.1. The molecule has 0 aliphatic rings. The van der Waals surface area contributed by atoms with Gasteiger partial charge in [-0.05, 0) is 96.3 Å². The third-order valence-electron chi connectivity index (χ3n) is 15.1. The van der Waals surface area contributed by atoms with Crippen LogP contribution in [0.3, 0.4) is 0 Å². The van der Waals surface area contributed by atoms with Crippen LogP contribution in [-0.2, 0) is 28.6 Å². The van der Waals surface area contributed by atoms with Crippen molar-refractivity contribution in [3.63, 3.8) is 0 Å². The molecule has 0 aromatic rings. The largest absolute Gasteiger partial charge is 0.462 e. The van der Waals surface area contributed by atoms with Gasteiger partial charge in [-0.3, -0.25) is 14.4 Å². The van der Waals surface area contributed by atoms with Crippen molar-refractivity contribution >= 4 is 17.9 Å². The van der Waals surface area contributed by atoms with Gasteiger partial charge in [-0.1, -0.05) is 318 Å². The Morgan fingerprint density at radius 1 is 0.263 bits per heavy atom. The molecule has 0 aliphatic heterocycles. The summed E-state index contributed by atoms with van der Waals surface area (Å²) in [6.07, 6.45) is 90.7. The quantitative estimate of drug-likeness (QED) is 0.0261. The fourth-order valence-corrected chi connectivity index (χ4v) is 9.97. The maximum atomic E-state index is 12.9. The molecule has 0 fully saturated rings. The Balaban J connectivity index is 4.12. The summed E-state index contributed by atoms with van der Waals surface area (Å²) in [7, 11) is 0. The Bertz CT molecular complexity index is 1520. The first-order chi connectivity index (χ1) is 39.5. The molecule has 0 saturated carbocycles. The van der Waals surface area contributed by atoms with E-state index in [2.05, 4.69) is 106 Å². The Hall–Kier alpha value is -3.41. The highest BCUT2D eigenvalue weighted by Gasteiger charge is 2.19. The number of hydrogen-bond donors (Lipinski definition) is 0. The van der Waals surface area contributed by atoms with Gasteiger partial charge in [-0.2, -0.15) is 0 Å². The number of carbonyl (C=O) groups excluding carboxylic acids is 3. The van der Waals surface area contributed by atoms with E-state index < -0.39 is 6.10 Å². The molecule has 0 spiro atoms. The molecule has 0 heterocycles. The van der Waals surface area contributed by atoms with Gasteiger partial charge in [0.25, 0.3) is 0 Å². The summed E-state index contributed by atoms with van der Waals surface area (Å²) in [4.78, 5) is 38.2. The predicted octanol–water partition coefficient (Wildman–Crippen LogP) is 23.8. The SMILES string of the molecule is CC/C=C\C/C=C\C/C=C\C/C=C\C/C=C\C/C=C\CCCCCCC(=O)OC(COC(=O)CCCCCCCCCC)COC(=O)CCCCCCCCCCCCCCCCCCCCC/C=C\CCCCCCCCCC. The number of ether oxygens (including phenoxy) is 3. The lowest BCUT2D eigenvalue weighted by atomic mass is 10.0. The van der Waals surface area contributed by atoms with Crippen molar-refractivity contribution < 1.29 is 28.6 Å². The predicted molar refractivity (Wildman–Crippen MR) is 348 cm³/mol. The molecule has 6 nitrogen and oxygen atoms in total. The van der Waals surface area contributed by atoms with Crippen molar-refractivity contribution in [1.82, 2.24) is 0 Å². The summed E-state index contributed by atoms with van der Waals surface area (Å²) < 4.78 is 16.9. The smallest absolute Gasteiger partial charge is 0.306 e. The van der Waals surface area contributed by atoms with Crippen LogP contribution in [0.1, 0.15) is 348 Å². The molecule has 80 heavy (non-hydrogen) atoms. The highest BCUT2D eigenvalue weighted by Crippen LogP contribution is 2.17. The lowest BCUT2D eigenvalue weighted by Crippen LogP contribution is -2.30. The van der Waals surface area contributed by atoms with Gasteiger partial charge in [0, 0.05) is 19.3 Å². The molecule has 0 rings (SSSR count). The van der Waals surface area contributed by atoms with Crippen LogP contribution in [0.4, 0.5) is 0 Å². The average Bonchev–Trinajstić information content (AvgIpc) is 3.46. The second-order valence-corrected chi connectivity index (χ2v) is 23.1. The summed E-state index contributed by atoms with van der Waals surface area (Å²) in [5.74, 6) is -0.899. The fraction of sp³-hybridized carbons (Fsp3) is 0.770. The van der Waals surface area contributed by atoms with Crippen LogP contribution in [0.25, 0.3) is 0 Å². The lowest BCUT2D eigenvalue weighted by molar-refractivity contribution is -0.167. The van der Waals surface area contributed by atoms with Crippen molar-refractivity contribution in [2.75, 3.05) is 13.2 Å². The van der Waals surface area contributed by atoms with E-state index in [-0.39, 0.29) is 31.1 Å². The average molecular weight is 1120 g/mol. The molecular weight excluding hydrogens is 985 g/mol. The first-order valence-corrected chi connectivity index (χ1v) is 34.6. The van der Waals surface area contributed by atoms with Crippen LogP contribution in [-0.4, -0.2) is 37.2 Å². The molecule has 0 aromatic carbocycles. The van der Waals surface area contributed by atoms with Crippen LogP contribution in [0.2, 0.25) is 0 Å². The number of carbonyl (C=O) groups is 3. The normalized spacial score (nSPS) is 12.6. The van der Waals surface area contributed by atoms with Gasteiger partial charge in [0.05, 0.1) is 0 Å². The first-order valence-electron chi connectivity index (χ1n) is 34.6. The van der Waals surface area contributed by atoms with Crippen LogP contribution >= 0.6 is 0 Å². The minimum atomic E-state index is -0.788. The molecule has 0 amide bonds. The van der Waals surface area contributed by atoms with E-state index in [9.17, 15) is 14.4 Å². The van der Waals surface area contributed by atoms with Gasteiger partial charge in [0.1, 0.15) is 13.2 Å². The van der Waals surface area contributed by atoms with Crippen molar-refractivity contribution in [3.05, 3.63) is 85.1 Å². The number of rotatable bonds is 63. The Labute approximate surface area is 496 Å². The third kappa shape index (κ3) is 65.4. The van der Waals surface area contributed by atoms with E-state index in [1.807, 2.05) is 0 Å². The van der Waals surface area contributed by atoms with Crippen LogP contribution in [0, 0.1) is 0 Å². The van der Waals surface area contributed by atoms with Crippen molar-refractivity contribution in [3.8, 4) is 0 Å². The van der Waals surface area contributed by atoms with Gasteiger partial charge in [-0.25, -0.2) is 0 Å². The standard InChI is InChI=1S/C74H130O6/c1-4-7-10-13-16-19-21-23-25-27-29-31-33-34-35-36-37-38-39-40-42-43-45-47-49-51-53-55-58-61-64-67-73(76)79-70-71(69-78-72(75)66-63-60-57-18-15-12-9-6-3)80-74(77)68-65-62-59-56-54-52-50-48-46-44-41-32-30-28-26-24-22-20-17-14-11-8-5-2/h8,11,17,20,24,26-27,29-30,32,44,46,50,52,71H,4-7,9-10,12-16,18-19,21-23,25,28,31,33-43,45,47-49,51,53-70H2,1-3H3/b11-8-,20-17-,26-24-,29-27-,32-30-,46-44-,52-50-. The topological polar surface area (TPSA) is 78.9 Å². The van der Waals surface area contributed by atoms with Crippen LogP contribution in [0.15, 0.2) is 85.1 Å². The molecule has 0 bridgehead atoms. The molecular formula is C74H130O6. The highest BCUT2D eigenvalue weighted by molar-refractivity contribution is 5.71. The maximum Gasteiger partial charge on any atom is 0.306 e. The fourth-order valence-electron chi connectivity index (χ4n) is 9.97. The van der Waals surface area contributed by atoms with Gasteiger partial charge >= 0.3 is 17.9 Å². The second-order valence-electron chi connectivity index (χ2n) is 23.1. The monoisotopic (exact) mass is 1110 g/mol. The summed E-state index contributed by atoms with van der Waals surface area (Å²) in [5.41, 5.74) is 0. The van der Waals surface area contributed by atoms with Crippen molar-refractivity contribution in [2.45, 2.75) is 354 Å². The number of allylic oxidation sites excluding steroid dienone is 14. The molecule has 6 heteroatoms. The van der Waals surface area contributed by atoms with Gasteiger partial charge in [0.2, 0.25) is 0 Å². The molecule has 0 aliphatic carbocycles. The van der Waals surface area contributed by atoms with E-state index in [4.69, 9.17) is 14.2 Å². The molecule has 0 radical (unpaired) electrons. The van der Waals surface area contributed by atoms with E-state index >= 15 is 0 Å². The van der Waals surface area contributed by atoms with Gasteiger partial charge in [0.15, 0.2) is 6.10 Å². The number of hydrogen-bond acceptors (Lipinski definition) is 6. The van der Waals surface area contributed by atoms with Crippen LogP contribution < -0.4 is 0 Å². The number of unbranched alkanes of at least 4 members (excludes halogenated alkanes) is 38. The molecule has 1 atom stereocenters. The van der Waals surface area contributed by atoms with Gasteiger partial charge < -0.3 is 14.2 Å². The molecule has 0 N–H and O–H groups in total. The van der Waals surface area contributed by atoms with E-state index in [0.717, 1.165) is 109 Å². The van der Waals surface area contributed by atoms with E-state index in [1.54, 1.807) is 0 Å². The minimum Gasteiger partial charge on any atom is -0.462 e. The zero-order valence-electron chi connectivity index (χ0n) is 53.1. The summed E-state index contributed by atoms with van der Waals surface area (Å²) in [6.45, 7) is 6.51. The van der Waals surface area contributed by atoms with E-state index in [0.29, 0.717) is 19.3 Å². The summed E-state index contributed by atoms with van der Waals surface area (Å²) in [6, 6.07) is 0. The number of esters is 3. The highest BCUT2D eigenvalue weighted by atomic mass is 16.6. The first kappa shape index (κ1) is 76.6. The maximum absolute atomic E-state index is 12.9. The zero-order chi connectivity index (χ0) is 57.8. The lowest BCUT2D eigenvalue weighted by Gasteiger charge is -2.18. The molecule has 1 unspecified atom stereocenters. The summed E-state index contributed by atoms with van der Waals surface area (Å²) >= 11 is 0. The minimum absolute atomic E-state index is 0.0837.